The highest BCUT2D eigenvalue weighted by atomic mass is 16.6. The van der Waals surface area contributed by atoms with Crippen LogP contribution in [-0.2, 0) is 59.1 Å². The Labute approximate surface area is 399 Å². The van der Waals surface area contributed by atoms with Crippen LogP contribution in [0.25, 0.3) is 0 Å². The van der Waals surface area contributed by atoms with Crippen LogP contribution in [0.4, 0.5) is 9.59 Å². The number of amides is 2. The fourth-order valence-electron chi connectivity index (χ4n) is 7.65. The molecule has 0 fully saturated rings. The molecule has 364 valence electrons. The molecule has 0 spiro atoms. The molecule has 0 radical (unpaired) electrons. The van der Waals surface area contributed by atoms with Gasteiger partial charge in [-0.2, -0.15) is 0 Å². The highest BCUT2D eigenvalue weighted by Crippen LogP contribution is 2.38. The minimum atomic E-state index is -0.734. The highest BCUT2D eigenvalue weighted by Gasteiger charge is 2.31. The van der Waals surface area contributed by atoms with Gasteiger partial charge in [-0.1, -0.05) is 89.1 Å². The van der Waals surface area contributed by atoms with E-state index in [1.807, 2.05) is 71.0 Å². The number of phenolic OH excluding ortho intramolecular Hbond substituents is 3. The zero-order valence-electron chi connectivity index (χ0n) is 41.6. The topological polar surface area (TPSA) is 171 Å². The Hall–Kier alpha value is -5.90. The number of aromatic hydroxyl groups is 3. The fourth-order valence-corrected chi connectivity index (χ4v) is 7.65. The predicted molar refractivity (Wildman–Crippen MR) is 267 cm³/mol. The lowest BCUT2D eigenvalue weighted by Crippen LogP contribution is -2.38. The highest BCUT2D eigenvalue weighted by molar-refractivity contribution is 5.68. The van der Waals surface area contributed by atoms with E-state index < -0.39 is 23.4 Å². The number of phenols is 3. The van der Waals surface area contributed by atoms with E-state index >= 15 is 0 Å². The third kappa shape index (κ3) is 18.4. The Balaban J connectivity index is 1.16. The van der Waals surface area contributed by atoms with Gasteiger partial charge in [0, 0.05) is 50.4 Å². The number of alkyl carbamates (subject to hydrolysis) is 2. The van der Waals surface area contributed by atoms with E-state index in [1.165, 1.54) is 0 Å². The molecule has 4 rings (SSSR count). The number of terminal acetylenes is 1. The molecular formula is C55H76N4O8. The van der Waals surface area contributed by atoms with Crippen LogP contribution >= 0.6 is 0 Å². The Morgan fingerprint density at radius 2 is 1.01 bits per heavy atom. The van der Waals surface area contributed by atoms with Crippen molar-refractivity contribution < 1.29 is 39.1 Å². The van der Waals surface area contributed by atoms with Crippen LogP contribution in [0, 0.1) is 12.3 Å². The number of hydrogen-bond donors (Lipinski definition) is 7. The smallest absolute Gasteiger partial charge is 0.407 e. The van der Waals surface area contributed by atoms with Gasteiger partial charge < -0.3 is 50.8 Å². The molecule has 0 aliphatic rings. The van der Waals surface area contributed by atoms with Gasteiger partial charge in [0.15, 0.2) is 0 Å². The summed E-state index contributed by atoms with van der Waals surface area (Å²) < 4.78 is 17.2. The lowest BCUT2D eigenvalue weighted by atomic mass is 9.77. The summed E-state index contributed by atoms with van der Waals surface area (Å²) in [6.45, 7) is 22.6. The molecule has 0 atom stereocenters. The number of carbonyl (C=O) groups excluding carboxylic acids is 2. The molecule has 12 nitrogen and oxygen atoms in total. The second kappa shape index (κ2) is 24.2. The van der Waals surface area contributed by atoms with Crippen molar-refractivity contribution in [3.63, 3.8) is 0 Å². The quantitative estimate of drug-likeness (QED) is 0.0281. The molecule has 0 aliphatic carbocycles. The van der Waals surface area contributed by atoms with Crippen molar-refractivity contribution in [1.29, 1.82) is 0 Å². The van der Waals surface area contributed by atoms with Crippen molar-refractivity contribution in [2.45, 2.75) is 143 Å². The van der Waals surface area contributed by atoms with E-state index in [-0.39, 0.29) is 28.9 Å². The standard InChI is InChI=1S/C55H76N4O8/c1-12-31-65-49-35-41(16-15-40-19-23-44(48(62)34-40)52(2,3)4)20-24-45(49)54(8,9)25-26-55(10,11)67-51(64)59-30-28-57-37-43-22-18-39(33-47(43)61)14-13-38-17-21-42(46(60)32-38)36-56-27-29-58-50(63)66-53(5,6)7/h1,17-24,32-35,56-57,60-62H,13-16,25-31,36-37H2,2-11H3,(H,58,63)(H,59,64). The minimum Gasteiger partial charge on any atom is -0.508 e. The van der Waals surface area contributed by atoms with Gasteiger partial charge in [0.05, 0.1) is 0 Å². The summed E-state index contributed by atoms with van der Waals surface area (Å²) in [6, 6.07) is 23.6. The Kier molecular flexibility index (Phi) is 19.4. The Bertz CT molecular complexity index is 2300. The average molecular weight is 921 g/mol. The molecule has 0 bridgehead atoms. The van der Waals surface area contributed by atoms with Crippen molar-refractivity contribution in [3.05, 3.63) is 117 Å². The molecule has 12 heteroatoms. The molecule has 67 heavy (non-hydrogen) atoms. The molecule has 0 aromatic heterocycles. The summed E-state index contributed by atoms with van der Waals surface area (Å²) in [6.07, 6.45) is 8.88. The number of carbonyl (C=O) groups is 2. The molecule has 0 heterocycles. The molecule has 4 aromatic rings. The second-order valence-electron chi connectivity index (χ2n) is 20.6. The normalized spacial score (nSPS) is 12.0. The molecule has 0 saturated heterocycles. The van der Waals surface area contributed by atoms with E-state index in [9.17, 15) is 24.9 Å². The number of benzene rings is 4. The van der Waals surface area contributed by atoms with Crippen molar-refractivity contribution in [2.75, 3.05) is 32.8 Å². The van der Waals surface area contributed by atoms with E-state index in [1.54, 1.807) is 12.1 Å². The van der Waals surface area contributed by atoms with E-state index in [2.05, 4.69) is 86.1 Å². The fraction of sp³-hybridized carbons (Fsp3) is 0.491. The predicted octanol–water partition coefficient (Wildman–Crippen LogP) is 9.65. The maximum absolute atomic E-state index is 12.9. The van der Waals surface area contributed by atoms with Gasteiger partial charge in [-0.25, -0.2) is 9.59 Å². The van der Waals surface area contributed by atoms with Crippen molar-refractivity contribution in [2.24, 2.45) is 0 Å². The number of hydrogen-bond acceptors (Lipinski definition) is 10. The first-order valence-corrected chi connectivity index (χ1v) is 23.4. The molecule has 4 aromatic carbocycles. The summed E-state index contributed by atoms with van der Waals surface area (Å²) in [5, 5.41) is 44.0. The zero-order valence-corrected chi connectivity index (χ0v) is 41.6. The Morgan fingerprint density at radius 1 is 0.567 bits per heavy atom. The minimum absolute atomic E-state index is 0.134. The van der Waals surface area contributed by atoms with Gasteiger partial charge in [-0.15, -0.1) is 6.42 Å². The molecule has 0 aliphatic heterocycles. The first-order chi connectivity index (χ1) is 31.4. The summed E-state index contributed by atoms with van der Waals surface area (Å²) in [4.78, 5) is 24.6. The van der Waals surface area contributed by atoms with Crippen LogP contribution in [0.3, 0.4) is 0 Å². The second-order valence-corrected chi connectivity index (χ2v) is 20.6. The first kappa shape index (κ1) is 53.7. The van der Waals surface area contributed by atoms with E-state index in [0.717, 1.165) is 69.5 Å². The van der Waals surface area contributed by atoms with Crippen LogP contribution in [0.15, 0.2) is 72.8 Å². The molecule has 7 N–H and O–H groups in total. The molecule has 2 amide bonds. The number of ether oxygens (including phenoxy) is 3. The van der Waals surface area contributed by atoms with E-state index in [4.69, 9.17) is 20.6 Å². The maximum atomic E-state index is 12.9. The van der Waals surface area contributed by atoms with Gasteiger partial charge in [0.25, 0.3) is 0 Å². The number of rotatable bonds is 23. The number of nitrogens with one attached hydrogen (secondary N) is 4. The largest absolute Gasteiger partial charge is 0.508 e. The molecular weight excluding hydrogens is 845 g/mol. The Morgan fingerprint density at radius 3 is 1.46 bits per heavy atom. The SMILES string of the molecule is C#CCOc1cc(CCc2ccc(C(C)(C)C)c(O)c2)ccc1C(C)(C)CCC(C)(C)OC(=O)NCCNCc1ccc(CCc2ccc(CNCCNC(=O)OC(C)(C)C)c(O)c2)cc1O. The zero-order chi connectivity index (χ0) is 49.4. The molecule has 0 saturated carbocycles. The van der Waals surface area contributed by atoms with Crippen molar-refractivity contribution in [3.8, 4) is 35.3 Å². The van der Waals surface area contributed by atoms with Crippen LogP contribution in [-0.4, -0.2) is 71.5 Å². The average Bonchev–Trinajstić information content (AvgIpc) is 3.23. The van der Waals surface area contributed by atoms with Crippen molar-refractivity contribution >= 4 is 12.2 Å². The van der Waals surface area contributed by atoms with Crippen LogP contribution < -0.4 is 26.0 Å². The lowest BCUT2D eigenvalue weighted by Gasteiger charge is -2.32. The van der Waals surface area contributed by atoms with Gasteiger partial charge in [0.1, 0.15) is 40.8 Å². The number of aryl methyl sites for hydroxylation is 4. The van der Waals surface area contributed by atoms with Crippen LogP contribution in [0.5, 0.6) is 23.0 Å². The van der Waals surface area contributed by atoms with Crippen LogP contribution in [0.2, 0.25) is 0 Å². The summed E-state index contributed by atoms with van der Waals surface area (Å²) >= 11 is 0. The third-order valence-corrected chi connectivity index (χ3v) is 11.6. The van der Waals surface area contributed by atoms with Gasteiger partial charge in [-0.3, -0.25) is 0 Å². The van der Waals surface area contributed by atoms with Crippen molar-refractivity contribution in [1.82, 2.24) is 21.3 Å². The van der Waals surface area contributed by atoms with E-state index in [0.29, 0.717) is 64.3 Å². The lowest BCUT2D eigenvalue weighted by molar-refractivity contribution is 0.0275. The molecule has 0 unspecified atom stereocenters. The maximum Gasteiger partial charge on any atom is 0.407 e. The van der Waals surface area contributed by atoms with Gasteiger partial charge in [0.2, 0.25) is 0 Å². The third-order valence-electron chi connectivity index (χ3n) is 11.6. The summed E-state index contributed by atoms with van der Waals surface area (Å²) in [5.41, 5.74) is 5.87. The summed E-state index contributed by atoms with van der Waals surface area (Å²) in [5.74, 6) is 4.05. The summed E-state index contributed by atoms with van der Waals surface area (Å²) in [7, 11) is 0. The van der Waals surface area contributed by atoms with Gasteiger partial charge in [-0.05, 0) is 142 Å². The monoisotopic (exact) mass is 921 g/mol. The van der Waals surface area contributed by atoms with Gasteiger partial charge >= 0.3 is 12.2 Å². The first-order valence-electron chi connectivity index (χ1n) is 23.4. The van der Waals surface area contributed by atoms with Crippen LogP contribution in [0.1, 0.15) is 127 Å².